The molecule has 4 atom stereocenters. The minimum atomic E-state index is -0.810. The average Bonchev–Trinajstić information content (AvgIpc) is 3.35. The Morgan fingerprint density at radius 3 is 2.81 bits per heavy atom. The number of urea groups is 1. The number of allylic oxidation sites excluding steroid dienone is 2. The Morgan fingerprint density at radius 2 is 2.07 bits per heavy atom. The van der Waals surface area contributed by atoms with Gasteiger partial charge in [-0.1, -0.05) is 12.2 Å². The number of piperidine rings is 1. The van der Waals surface area contributed by atoms with Crippen LogP contribution in [0.2, 0.25) is 0 Å². The number of nitrogens with zero attached hydrogens (tertiary/aromatic N) is 2. The van der Waals surface area contributed by atoms with Crippen LogP contribution in [-0.2, 0) is 14.3 Å². The molecule has 0 radical (unpaired) electrons. The van der Waals surface area contributed by atoms with Gasteiger partial charge in [-0.25, -0.2) is 4.79 Å². The van der Waals surface area contributed by atoms with Crippen LogP contribution in [0.3, 0.4) is 0 Å². The second-order valence-corrected chi connectivity index (χ2v) is 8.12. The molecule has 1 saturated carbocycles. The van der Waals surface area contributed by atoms with E-state index in [-0.39, 0.29) is 36.5 Å². The monoisotopic (exact) mass is 378 g/mol. The fraction of sp³-hybridized carbons (Fsp3) is 0.750. The predicted molar refractivity (Wildman–Crippen MR) is 98.9 cm³/mol. The highest BCUT2D eigenvalue weighted by atomic mass is 16.5. The van der Waals surface area contributed by atoms with E-state index in [0.717, 1.165) is 19.3 Å². The van der Waals surface area contributed by atoms with Crippen LogP contribution in [0.4, 0.5) is 4.79 Å². The van der Waals surface area contributed by atoms with Crippen molar-refractivity contribution in [3.63, 3.8) is 0 Å². The van der Waals surface area contributed by atoms with E-state index in [1.807, 2.05) is 6.08 Å². The maximum atomic E-state index is 13.1. The molecule has 2 amide bonds. The fourth-order valence-corrected chi connectivity index (χ4v) is 4.40. The van der Waals surface area contributed by atoms with Crippen molar-refractivity contribution < 1.29 is 24.2 Å². The van der Waals surface area contributed by atoms with Gasteiger partial charge in [0.15, 0.2) is 5.78 Å². The number of aliphatic hydroxyl groups excluding tert-OH is 1. The zero-order valence-electron chi connectivity index (χ0n) is 16.2. The van der Waals surface area contributed by atoms with Crippen LogP contribution >= 0.6 is 0 Å². The second-order valence-electron chi connectivity index (χ2n) is 8.12. The molecule has 2 fully saturated rings. The van der Waals surface area contributed by atoms with Gasteiger partial charge in [0.1, 0.15) is 0 Å². The summed E-state index contributed by atoms with van der Waals surface area (Å²) in [6.45, 7) is 0.997. The molecule has 27 heavy (non-hydrogen) atoms. The van der Waals surface area contributed by atoms with Gasteiger partial charge in [-0.2, -0.15) is 0 Å². The van der Waals surface area contributed by atoms with E-state index in [1.165, 1.54) is 7.11 Å². The molecule has 0 spiro atoms. The van der Waals surface area contributed by atoms with E-state index in [9.17, 15) is 19.5 Å². The minimum Gasteiger partial charge on any atom is -0.469 e. The lowest BCUT2D eigenvalue weighted by Gasteiger charge is -2.39. The quantitative estimate of drug-likeness (QED) is 0.555. The first kappa shape index (κ1) is 19.9. The molecule has 3 aliphatic rings. The van der Waals surface area contributed by atoms with Gasteiger partial charge in [0.05, 0.1) is 24.7 Å². The summed E-state index contributed by atoms with van der Waals surface area (Å²) in [4.78, 5) is 41.6. The zero-order chi connectivity index (χ0) is 19.6. The lowest BCUT2D eigenvalue weighted by molar-refractivity contribution is -0.150. The van der Waals surface area contributed by atoms with Crippen LogP contribution in [0.1, 0.15) is 44.9 Å². The fourth-order valence-electron chi connectivity index (χ4n) is 4.40. The largest absolute Gasteiger partial charge is 0.469 e. The normalized spacial score (nSPS) is 36.3. The Kier molecular flexibility index (Phi) is 5.89. The topological polar surface area (TPSA) is 87.1 Å². The summed E-state index contributed by atoms with van der Waals surface area (Å²) >= 11 is 0. The average molecular weight is 378 g/mol. The maximum Gasteiger partial charge on any atom is 0.320 e. The molecule has 2 heterocycles. The van der Waals surface area contributed by atoms with Gasteiger partial charge in [0.25, 0.3) is 0 Å². The third kappa shape index (κ3) is 4.03. The number of esters is 1. The number of methoxy groups -OCH3 is 1. The number of ketones is 1. The summed E-state index contributed by atoms with van der Waals surface area (Å²) in [6.07, 6.45) is 7.61. The highest BCUT2D eigenvalue weighted by Crippen LogP contribution is 2.57. The number of hydrogen-bond donors (Lipinski definition) is 1. The van der Waals surface area contributed by atoms with Gasteiger partial charge < -0.3 is 19.6 Å². The first-order valence-corrected chi connectivity index (χ1v) is 9.86. The smallest absolute Gasteiger partial charge is 0.320 e. The third-order valence-corrected chi connectivity index (χ3v) is 6.22. The standard InChI is InChI=1S/C20H30N2O5/c1-21-9-6-4-3-5-7-14-12-20(14,18(25)27-2)13-17(24)16-11-15(23)8-10-22(16)19(21)26/h5,7,14-16,23H,3-4,6,8-13H2,1-2H3/b7-5-/t14-,15+,16-,20+/m0/s1. The number of carbonyl (C=O) groups excluding carboxylic acids is 3. The number of carbonyl (C=O) groups is 3. The molecule has 0 bridgehead atoms. The Bertz CT molecular complexity index is 634. The van der Waals surface area contributed by atoms with Gasteiger partial charge in [0.2, 0.25) is 0 Å². The van der Waals surface area contributed by atoms with Crippen molar-refractivity contribution in [2.75, 3.05) is 27.2 Å². The number of rotatable bonds is 1. The summed E-state index contributed by atoms with van der Waals surface area (Å²) in [6, 6.07) is -0.856. The summed E-state index contributed by atoms with van der Waals surface area (Å²) in [5.74, 6) is -0.505. The van der Waals surface area contributed by atoms with Crippen molar-refractivity contribution in [2.45, 2.75) is 57.1 Å². The maximum absolute atomic E-state index is 13.1. The molecule has 3 rings (SSSR count). The van der Waals surface area contributed by atoms with Crippen LogP contribution in [0, 0.1) is 11.3 Å². The van der Waals surface area contributed by atoms with E-state index < -0.39 is 17.6 Å². The molecule has 2 aliphatic heterocycles. The molecule has 7 heteroatoms. The number of aliphatic hydroxyl groups is 1. The number of Topliss-reactive ketones (excluding diaryl/α,β-unsaturated/α-hetero) is 1. The summed E-state index contributed by atoms with van der Waals surface area (Å²) in [5, 5.41) is 10.1. The lowest BCUT2D eigenvalue weighted by Crippen LogP contribution is -2.55. The number of hydrogen-bond acceptors (Lipinski definition) is 5. The first-order chi connectivity index (χ1) is 12.9. The highest BCUT2D eigenvalue weighted by molar-refractivity contribution is 5.94. The molecule has 0 unspecified atom stereocenters. The van der Waals surface area contributed by atoms with Crippen molar-refractivity contribution in [1.82, 2.24) is 9.80 Å². The van der Waals surface area contributed by atoms with E-state index in [4.69, 9.17) is 4.74 Å². The summed E-state index contributed by atoms with van der Waals surface area (Å²) in [7, 11) is 3.10. The summed E-state index contributed by atoms with van der Waals surface area (Å²) in [5.41, 5.74) is -0.810. The lowest BCUT2D eigenvalue weighted by atomic mass is 9.88. The molecular weight excluding hydrogens is 348 g/mol. The minimum absolute atomic E-state index is 0.0113. The Labute approximate surface area is 160 Å². The SMILES string of the molecule is COC(=O)[C@]12CC(=O)[C@@H]3C[C@H](O)CCN3C(=O)N(C)CCCC/C=C\[C@H]1C2. The molecular formula is C20H30N2O5. The Balaban J connectivity index is 1.87. The van der Waals surface area contributed by atoms with Crippen LogP contribution in [0.25, 0.3) is 0 Å². The molecule has 1 saturated heterocycles. The van der Waals surface area contributed by atoms with Crippen molar-refractivity contribution in [1.29, 1.82) is 0 Å². The van der Waals surface area contributed by atoms with Crippen molar-refractivity contribution in [2.24, 2.45) is 11.3 Å². The van der Waals surface area contributed by atoms with Crippen molar-refractivity contribution in [3.8, 4) is 0 Å². The van der Waals surface area contributed by atoms with E-state index in [0.29, 0.717) is 25.9 Å². The number of fused-ring (bicyclic) bond motifs is 2. The first-order valence-electron chi connectivity index (χ1n) is 9.86. The van der Waals surface area contributed by atoms with E-state index >= 15 is 0 Å². The van der Waals surface area contributed by atoms with Crippen LogP contribution in [-0.4, -0.2) is 72.1 Å². The molecule has 1 N–H and O–H groups in total. The van der Waals surface area contributed by atoms with Crippen molar-refractivity contribution in [3.05, 3.63) is 12.2 Å². The Hall–Kier alpha value is -1.89. The van der Waals surface area contributed by atoms with Crippen LogP contribution < -0.4 is 0 Å². The second kappa shape index (κ2) is 8.00. The highest BCUT2D eigenvalue weighted by Gasteiger charge is 2.61. The summed E-state index contributed by atoms with van der Waals surface area (Å²) < 4.78 is 4.98. The molecule has 7 nitrogen and oxygen atoms in total. The molecule has 150 valence electrons. The van der Waals surface area contributed by atoms with Gasteiger partial charge in [-0.05, 0) is 38.0 Å². The van der Waals surface area contributed by atoms with Crippen molar-refractivity contribution >= 4 is 17.8 Å². The van der Waals surface area contributed by atoms with Crippen LogP contribution in [0.15, 0.2) is 12.2 Å². The van der Waals surface area contributed by atoms with Gasteiger partial charge in [0, 0.05) is 33.0 Å². The number of ether oxygens (including phenoxy) is 1. The molecule has 0 aromatic heterocycles. The van der Waals surface area contributed by atoms with Crippen LogP contribution in [0.5, 0.6) is 0 Å². The van der Waals surface area contributed by atoms with Gasteiger partial charge in [-0.15, -0.1) is 0 Å². The van der Waals surface area contributed by atoms with Gasteiger partial charge >= 0.3 is 12.0 Å². The zero-order valence-corrected chi connectivity index (χ0v) is 16.2. The van der Waals surface area contributed by atoms with E-state index in [1.54, 1.807) is 16.8 Å². The Morgan fingerprint density at radius 1 is 1.30 bits per heavy atom. The predicted octanol–water partition coefficient (Wildman–Crippen LogP) is 1.74. The van der Waals surface area contributed by atoms with E-state index in [2.05, 4.69) is 6.08 Å². The molecule has 1 aliphatic carbocycles. The molecule has 0 aromatic rings. The number of amides is 2. The van der Waals surface area contributed by atoms with Gasteiger partial charge in [-0.3, -0.25) is 9.59 Å². The third-order valence-electron chi connectivity index (χ3n) is 6.22. The molecule has 0 aromatic carbocycles.